The van der Waals surface area contributed by atoms with Gasteiger partial charge >= 0.3 is 0 Å². The number of rotatable bonds is 7. The highest BCUT2D eigenvalue weighted by Crippen LogP contribution is 2.26. The summed E-state index contributed by atoms with van der Waals surface area (Å²) in [6.07, 6.45) is 1.58. The predicted octanol–water partition coefficient (Wildman–Crippen LogP) is 3.27. The Morgan fingerprint density at radius 1 is 1.63 bits per heavy atom. The third kappa shape index (κ3) is 4.84. The fraction of sp³-hybridized carbons (Fsp3) is 0.571. The average molecular weight is 300 g/mol. The summed E-state index contributed by atoms with van der Waals surface area (Å²) in [4.78, 5) is 1.18. The number of nitrogens with two attached hydrogens (primary N) is 1. The van der Waals surface area contributed by atoms with Crippen LogP contribution in [-0.4, -0.2) is 9.30 Å². The molecule has 1 unspecified atom stereocenters. The molecule has 0 aliphatic rings. The van der Waals surface area contributed by atoms with Gasteiger partial charge in [-0.2, -0.15) is 0 Å². The van der Waals surface area contributed by atoms with Crippen LogP contribution < -0.4 is 10.5 Å². The Balaban J connectivity index is 2.65. The number of hydrogen-bond donors (Lipinski definition) is 2. The molecule has 108 valence electrons. The summed E-state index contributed by atoms with van der Waals surface area (Å²) in [5.41, 5.74) is 7.45. The van der Waals surface area contributed by atoms with E-state index >= 15 is 0 Å². The highest BCUT2D eigenvalue weighted by Gasteiger charge is 2.32. The van der Waals surface area contributed by atoms with Crippen LogP contribution in [0.5, 0.6) is 0 Å². The van der Waals surface area contributed by atoms with Gasteiger partial charge in [-0.15, -0.1) is 16.1 Å². The van der Waals surface area contributed by atoms with Crippen LogP contribution >= 0.6 is 11.3 Å². The van der Waals surface area contributed by atoms with E-state index < -0.39 is 11.4 Å². The lowest BCUT2D eigenvalue weighted by molar-refractivity contribution is 0.513. The van der Waals surface area contributed by atoms with Crippen molar-refractivity contribution in [3.05, 3.63) is 34.2 Å². The quantitative estimate of drug-likeness (QED) is 0.760. The van der Waals surface area contributed by atoms with Crippen molar-refractivity contribution in [2.45, 2.75) is 51.3 Å². The first-order valence-electron chi connectivity index (χ1n) is 6.45. The second-order valence-corrected chi connectivity index (χ2v) is 8.24. The van der Waals surface area contributed by atoms with Crippen LogP contribution in [0.15, 0.2) is 23.7 Å². The Morgan fingerprint density at radius 3 is 2.79 bits per heavy atom. The van der Waals surface area contributed by atoms with Crippen molar-refractivity contribution in [1.82, 2.24) is 4.72 Å². The molecule has 0 fully saturated rings. The zero-order chi connectivity index (χ0) is 14.6. The monoisotopic (exact) mass is 300 g/mol. The van der Waals surface area contributed by atoms with Gasteiger partial charge < -0.3 is 10.3 Å². The molecule has 2 atom stereocenters. The lowest BCUT2D eigenvalue weighted by Gasteiger charge is -2.28. The molecule has 19 heavy (non-hydrogen) atoms. The molecule has 1 rings (SSSR count). The maximum atomic E-state index is 12.2. The molecule has 0 radical (unpaired) electrons. The highest BCUT2D eigenvalue weighted by molar-refractivity contribution is 7.90. The Labute approximate surface area is 123 Å². The molecule has 0 amide bonds. The Hall–Kier alpha value is -0.490. The van der Waals surface area contributed by atoms with E-state index in [0.29, 0.717) is 12.1 Å². The minimum Gasteiger partial charge on any atom is -0.598 e. The number of thiophene rings is 1. The summed E-state index contributed by atoms with van der Waals surface area (Å²) >= 11 is 0.618. The fourth-order valence-corrected chi connectivity index (χ4v) is 3.51. The minimum absolute atomic E-state index is 0.0800. The average Bonchev–Trinajstić information content (AvgIpc) is 2.76. The maximum Gasteiger partial charge on any atom is 0.139 e. The lowest BCUT2D eigenvalue weighted by Crippen LogP contribution is -2.42. The summed E-state index contributed by atoms with van der Waals surface area (Å²) < 4.78 is 15.2. The summed E-state index contributed by atoms with van der Waals surface area (Å²) in [6, 6.07) is 2.19. The summed E-state index contributed by atoms with van der Waals surface area (Å²) in [5, 5.41) is 2.08. The number of nitrogens with one attached hydrogen (secondary N) is 1. The third-order valence-electron chi connectivity index (χ3n) is 3.17. The first kappa shape index (κ1) is 16.6. The van der Waals surface area contributed by atoms with Crippen molar-refractivity contribution in [1.29, 1.82) is 0 Å². The molecule has 0 saturated heterocycles. The molecule has 0 aromatic carbocycles. The SMILES string of the molecule is C=C(N)Cc1csc([C@@H](C)N[S+]([O-])C(C)(C)CC)c1. The molecule has 3 N–H and O–H groups in total. The van der Waals surface area contributed by atoms with E-state index in [2.05, 4.69) is 29.7 Å². The van der Waals surface area contributed by atoms with Gasteiger partial charge in [0.05, 0.1) is 6.04 Å². The topological polar surface area (TPSA) is 61.1 Å². The Morgan fingerprint density at radius 2 is 2.26 bits per heavy atom. The Bertz CT molecular complexity index is 429. The van der Waals surface area contributed by atoms with E-state index in [-0.39, 0.29) is 10.8 Å². The van der Waals surface area contributed by atoms with Crippen LogP contribution in [0.4, 0.5) is 0 Å². The molecular formula is C14H24N2OS2. The fourth-order valence-electron chi connectivity index (χ4n) is 1.49. The predicted molar refractivity (Wildman–Crippen MR) is 85.4 cm³/mol. The highest BCUT2D eigenvalue weighted by atomic mass is 32.2. The largest absolute Gasteiger partial charge is 0.598 e. The first-order valence-corrected chi connectivity index (χ1v) is 8.47. The van der Waals surface area contributed by atoms with Gasteiger partial charge in [0.1, 0.15) is 4.75 Å². The second-order valence-electron chi connectivity index (χ2n) is 5.41. The van der Waals surface area contributed by atoms with Crippen molar-refractivity contribution in [3.63, 3.8) is 0 Å². The zero-order valence-electron chi connectivity index (χ0n) is 12.2. The molecule has 1 aromatic heterocycles. The molecule has 0 aliphatic carbocycles. The summed E-state index contributed by atoms with van der Waals surface area (Å²) in [7, 11) is 0. The van der Waals surface area contributed by atoms with Crippen LogP contribution in [0.1, 0.15) is 50.6 Å². The van der Waals surface area contributed by atoms with Gasteiger partial charge in [0.2, 0.25) is 0 Å². The van der Waals surface area contributed by atoms with Crippen molar-refractivity contribution in [2.75, 3.05) is 0 Å². The van der Waals surface area contributed by atoms with Crippen LogP contribution in [-0.2, 0) is 17.8 Å². The van der Waals surface area contributed by atoms with Gasteiger partial charge in [0, 0.05) is 28.4 Å². The van der Waals surface area contributed by atoms with E-state index in [1.54, 1.807) is 11.3 Å². The van der Waals surface area contributed by atoms with Gasteiger partial charge in [-0.3, -0.25) is 0 Å². The minimum atomic E-state index is -1.05. The van der Waals surface area contributed by atoms with Crippen LogP contribution in [0, 0.1) is 0 Å². The van der Waals surface area contributed by atoms with Gasteiger partial charge in [0.25, 0.3) is 0 Å². The van der Waals surface area contributed by atoms with Crippen molar-refractivity contribution in [3.8, 4) is 0 Å². The van der Waals surface area contributed by atoms with Gasteiger partial charge in [-0.05, 0) is 44.2 Å². The van der Waals surface area contributed by atoms with Gasteiger partial charge in [0.15, 0.2) is 0 Å². The van der Waals surface area contributed by atoms with E-state index in [1.807, 2.05) is 20.8 Å². The van der Waals surface area contributed by atoms with E-state index in [0.717, 1.165) is 6.42 Å². The number of allylic oxidation sites excluding steroid dienone is 1. The standard InChI is InChI=1S/C14H24N2OS2/c1-6-14(4,5)19(17)16-11(3)13-8-12(9-18-13)7-10(2)15/h8-9,11,16H,2,6-7,15H2,1,3-5H3/t11-,19?/m1/s1. The van der Waals surface area contributed by atoms with E-state index in [1.165, 1.54) is 10.4 Å². The molecule has 0 aliphatic heterocycles. The van der Waals surface area contributed by atoms with E-state index in [4.69, 9.17) is 5.73 Å². The molecule has 0 saturated carbocycles. The molecular weight excluding hydrogens is 276 g/mol. The second kappa shape index (κ2) is 6.79. The van der Waals surface area contributed by atoms with Crippen LogP contribution in [0.3, 0.4) is 0 Å². The number of hydrogen-bond acceptors (Lipinski definition) is 4. The first-order chi connectivity index (χ1) is 8.76. The molecule has 5 heteroatoms. The normalized spacial score (nSPS) is 15.2. The van der Waals surface area contributed by atoms with Crippen molar-refractivity contribution < 1.29 is 4.55 Å². The molecule has 3 nitrogen and oxygen atoms in total. The third-order valence-corrected chi connectivity index (χ3v) is 6.19. The molecule has 1 aromatic rings. The smallest absolute Gasteiger partial charge is 0.139 e. The maximum absolute atomic E-state index is 12.2. The van der Waals surface area contributed by atoms with Crippen LogP contribution in [0.2, 0.25) is 0 Å². The summed E-state index contributed by atoms with van der Waals surface area (Å²) in [5.74, 6) is 0. The molecule has 0 bridgehead atoms. The van der Waals surface area contributed by atoms with Crippen molar-refractivity contribution in [2.24, 2.45) is 5.73 Å². The molecule has 1 heterocycles. The lowest BCUT2D eigenvalue weighted by atomic mass is 10.1. The van der Waals surface area contributed by atoms with Crippen molar-refractivity contribution >= 4 is 22.7 Å². The molecule has 0 spiro atoms. The Kier molecular flexibility index (Phi) is 5.92. The summed E-state index contributed by atoms with van der Waals surface area (Å²) in [6.45, 7) is 11.8. The van der Waals surface area contributed by atoms with Crippen LogP contribution in [0.25, 0.3) is 0 Å². The van der Waals surface area contributed by atoms with Gasteiger partial charge in [-0.25, -0.2) is 0 Å². The van der Waals surface area contributed by atoms with Gasteiger partial charge in [-0.1, -0.05) is 13.5 Å². The van der Waals surface area contributed by atoms with E-state index in [9.17, 15) is 4.55 Å². The zero-order valence-corrected chi connectivity index (χ0v) is 13.8.